The Hall–Kier alpha value is -1.90. The number of aryl methyl sites for hydroxylation is 5. The quantitative estimate of drug-likeness (QED) is 0.648. The van der Waals surface area contributed by atoms with Crippen molar-refractivity contribution in [1.29, 1.82) is 0 Å². The molecule has 0 spiro atoms. The number of rotatable bonds is 7. The Labute approximate surface area is 165 Å². The SMILES string of the molecule is CCCC(C)Nc1nc(CC)c(-c2cc3c(cc2C)CCCC3)nc1CC. The standard InChI is InChI=1S/C24H35N3/c1-6-11-17(5)25-24-22(8-3)26-23(21(7-2)27-24)20-15-19-13-10-9-12-18(19)14-16(20)4/h14-15,17H,6-13H2,1-5H3,(H,25,27). The van der Waals surface area contributed by atoms with Crippen molar-refractivity contribution >= 4 is 5.82 Å². The summed E-state index contributed by atoms with van der Waals surface area (Å²) in [5.74, 6) is 0.981. The van der Waals surface area contributed by atoms with Gasteiger partial charge in [-0.05, 0) is 81.5 Å². The Morgan fingerprint density at radius 2 is 1.63 bits per heavy atom. The van der Waals surface area contributed by atoms with E-state index in [1.807, 2.05) is 0 Å². The van der Waals surface area contributed by atoms with Crippen molar-refractivity contribution in [2.45, 2.75) is 92.0 Å². The van der Waals surface area contributed by atoms with E-state index < -0.39 is 0 Å². The van der Waals surface area contributed by atoms with Crippen LogP contribution in [-0.2, 0) is 25.7 Å². The zero-order chi connectivity index (χ0) is 19.4. The van der Waals surface area contributed by atoms with E-state index in [2.05, 4.69) is 52.1 Å². The number of nitrogens with zero attached hydrogens (tertiary/aromatic N) is 2. The first kappa shape index (κ1) is 19.9. The summed E-state index contributed by atoms with van der Waals surface area (Å²) in [6.45, 7) is 11.1. The van der Waals surface area contributed by atoms with Gasteiger partial charge in [0, 0.05) is 11.6 Å². The minimum atomic E-state index is 0.427. The maximum Gasteiger partial charge on any atom is 0.148 e. The minimum Gasteiger partial charge on any atom is -0.366 e. The Bertz CT molecular complexity index is 795. The number of hydrogen-bond acceptors (Lipinski definition) is 3. The van der Waals surface area contributed by atoms with Crippen molar-refractivity contribution < 1.29 is 0 Å². The van der Waals surface area contributed by atoms with Crippen LogP contribution in [0.2, 0.25) is 0 Å². The molecule has 1 heterocycles. The van der Waals surface area contributed by atoms with E-state index in [1.54, 1.807) is 0 Å². The van der Waals surface area contributed by atoms with Crippen LogP contribution in [0.3, 0.4) is 0 Å². The Balaban J connectivity index is 2.05. The van der Waals surface area contributed by atoms with Gasteiger partial charge < -0.3 is 5.32 Å². The van der Waals surface area contributed by atoms with Crippen LogP contribution in [0.1, 0.15) is 81.5 Å². The van der Waals surface area contributed by atoms with Gasteiger partial charge in [0.05, 0.1) is 17.1 Å². The molecule has 1 aliphatic rings. The third-order valence-corrected chi connectivity index (χ3v) is 5.76. The first-order valence-corrected chi connectivity index (χ1v) is 10.9. The maximum absolute atomic E-state index is 5.13. The summed E-state index contributed by atoms with van der Waals surface area (Å²) in [5, 5.41) is 3.61. The Morgan fingerprint density at radius 1 is 0.963 bits per heavy atom. The molecule has 3 rings (SSSR count). The molecule has 3 heteroatoms. The molecule has 1 atom stereocenters. The molecule has 0 radical (unpaired) electrons. The number of anilines is 1. The van der Waals surface area contributed by atoms with Crippen LogP contribution in [0.4, 0.5) is 5.82 Å². The molecule has 2 aromatic rings. The molecule has 3 nitrogen and oxygen atoms in total. The second-order valence-corrected chi connectivity index (χ2v) is 8.00. The minimum absolute atomic E-state index is 0.427. The lowest BCUT2D eigenvalue weighted by Crippen LogP contribution is -2.18. The molecule has 1 N–H and O–H groups in total. The van der Waals surface area contributed by atoms with Crippen LogP contribution in [0, 0.1) is 6.92 Å². The number of nitrogens with one attached hydrogen (secondary N) is 1. The molecule has 0 saturated carbocycles. The van der Waals surface area contributed by atoms with Gasteiger partial charge in [-0.15, -0.1) is 0 Å². The van der Waals surface area contributed by atoms with Crippen molar-refractivity contribution in [2.24, 2.45) is 0 Å². The highest BCUT2D eigenvalue weighted by Gasteiger charge is 2.19. The lowest BCUT2D eigenvalue weighted by molar-refractivity contribution is 0.683. The fraction of sp³-hybridized carbons (Fsp3) is 0.583. The van der Waals surface area contributed by atoms with Crippen LogP contribution in [0.25, 0.3) is 11.3 Å². The highest BCUT2D eigenvalue weighted by Crippen LogP contribution is 2.32. The van der Waals surface area contributed by atoms with Crippen molar-refractivity contribution in [3.8, 4) is 11.3 Å². The second kappa shape index (κ2) is 8.86. The van der Waals surface area contributed by atoms with Crippen LogP contribution in [0.15, 0.2) is 12.1 Å². The smallest absolute Gasteiger partial charge is 0.148 e. The summed E-state index contributed by atoms with van der Waals surface area (Å²) in [4.78, 5) is 10.2. The maximum atomic E-state index is 5.13. The molecular weight excluding hydrogens is 330 g/mol. The molecule has 0 amide bonds. The van der Waals surface area contributed by atoms with E-state index in [0.29, 0.717) is 6.04 Å². The van der Waals surface area contributed by atoms with Gasteiger partial charge in [-0.2, -0.15) is 0 Å². The number of benzene rings is 1. The average Bonchev–Trinajstić information content (AvgIpc) is 2.67. The Morgan fingerprint density at radius 3 is 2.26 bits per heavy atom. The van der Waals surface area contributed by atoms with E-state index in [1.165, 1.54) is 54.4 Å². The van der Waals surface area contributed by atoms with Gasteiger partial charge in [-0.3, -0.25) is 0 Å². The van der Waals surface area contributed by atoms with Crippen molar-refractivity contribution in [3.05, 3.63) is 40.2 Å². The molecule has 1 aromatic heterocycles. The fourth-order valence-electron chi connectivity index (χ4n) is 4.23. The van der Waals surface area contributed by atoms with Gasteiger partial charge in [0.2, 0.25) is 0 Å². The van der Waals surface area contributed by atoms with Gasteiger partial charge in [0.25, 0.3) is 0 Å². The summed E-state index contributed by atoms with van der Waals surface area (Å²) in [7, 11) is 0. The predicted molar refractivity (Wildman–Crippen MR) is 116 cm³/mol. The average molecular weight is 366 g/mol. The molecular formula is C24H35N3. The Kier molecular flexibility index (Phi) is 6.51. The summed E-state index contributed by atoms with van der Waals surface area (Å²) in [6.07, 6.45) is 9.18. The molecule has 1 aromatic carbocycles. The van der Waals surface area contributed by atoms with Crippen molar-refractivity contribution in [3.63, 3.8) is 0 Å². The number of hydrogen-bond donors (Lipinski definition) is 1. The fourth-order valence-corrected chi connectivity index (χ4v) is 4.23. The lowest BCUT2D eigenvalue weighted by atomic mass is 9.87. The summed E-state index contributed by atoms with van der Waals surface area (Å²) >= 11 is 0. The van der Waals surface area contributed by atoms with E-state index in [-0.39, 0.29) is 0 Å². The van der Waals surface area contributed by atoms with E-state index in [9.17, 15) is 0 Å². The molecule has 1 aliphatic carbocycles. The van der Waals surface area contributed by atoms with Crippen LogP contribution >= 0.6 is 0 Å². The predicted octanol–water partition coefficient (Wildman–Crippen LogP) is 6.06. The normalized spacial score (nSPS) is 14.7. The number of aromatic nitrogens is 2. The molecule has 0 saturated heterocycles. The van der Waals surface area contributed by atoms with Gasteiger partial charge in [0.1, 0.15) is 5.82 Å². The molecule has 0 bridgehead atoms. The van der Waals surface area contributed by atoms with E-state index in [4.69, 9.17) is 9.97 Å². The third-order valence-electron chi connectivity index (χ3n) is 5.76. The van der Waals surface area contributed by atoms with Crippen molar-refractivity contribution in [2.75, 3.05) is 5.32 Å². The third kappa shape index (κ3) is 4.34. The largest absolute Gasteiger partial charge is 0.366 e. The molecule has 27 heavy (non-hydrogen) atoms. The summed E-state index contributed by atoms with van der Waals surface area (Å²) < 4.78 is 0. The molecule has 0 fully saturated rings. The zero-order valence-corrected chi connectivity index (χ0v) is 17.8. The summed E-state index contributed by atoms with van der Waals surface area (Å²) in [5.41, 5.74) is 8.96. The topological polar surface area (TPSA) is 37.8 Å². The monoisotopic (exact) mass is 365 g/mol. The molecule has 146 valence electrons. The van der Waals surface area contributed by atoms with Crippen LogP contribution in [-0.4, -0.2) is 16.0 Å². The summed E-state index contributed by atoms with van der Waals surface area (Å²) in [6, 6.07) is 5.22. The van der Waals surface area contributed by atoms with Gasteiger partial charge in [-0.1, -0.05) is 33.3 Å². The van der Waals surface area contributed by atoms with Gasteiger partial charge >= 0.3 is 0 Å². The highest BCUT2D eigenvalue weighted by molar-refractivity contribution is 5.69. The van der Waals surface area contributed by atoms with Gasteiger partial charge in [-0.25, -0.2) is 9.97 Å². The van der Waals surface area contributed by atoms with Crippen LogP contribution in [0.5, 0.6) is 0 Å². The highest BCUT2D eigenvalue weighted by atomic mass is 15.0. The molecule has 0 aliphatic heterocycles. The first-order valence-electron chi connectivity index (χ1n) is 10.9. The zero-order valence-electron chi connectivity index (χ0n) is 17.8. The van der Waals surface area contributed by atoms with Crippen molar-refractivity contribution in [1.82, 2.24) is 9.97 Å². The molecule has 1 unspecified atom stereocenters. The number of fused-ring (bicyclic) bond motifs is 1. The second-order valence-electron chi connectivity index (χ2n) is 8.00. The van der Waals surface area contributed by atoms with Gasteiger partial charge in [0.15, 0.2) is 0 Å². The lowest BCUT2D eigenvalue weighted by Gasteiger charge is -2.21. The van der Waals surface area contributed by atoms with E-state index >= 15 is 0 Å². The van der Waals surface area contributed by atoms with Crippen LogP contribution < -0.4 is 5.32 Å². The van der Waals surface area contributed by atoms with E-state index in [0.717, 1.165) is 42.2 Å². The first-order chi connectivity index (χ1) is 13.1.